The summed E-state index contributed by atoms with van der Waals surface area (Å²) < 4.78 is 41.3. The molecule has 2 heterocycles. The van der Waals surface area contributed by atoms with Crippen LogP contribution in [0.3, 0.4) is 0 Å². The highest BCUT2D eigenvalue weighted by Gasteiger charge is 2.53. The quantitative estimate of drug-likeness (QED) is 0.190. The molecule has 1 N–H and O–H groups in total. The fraction of sp³-hybridized carbons (Fsp3) is 0.294. The van der Waals surface area contributed by atoms with Crippen molar-refractivity contribution in [1.29, 1.82) is 0 Å². The SMILES string of the molecule is CC1(C)SCCN(S(=O)(=O)c2ccc(Oc3ccncc3)cc2)[C@H]1C(=O)NO[Si](c1ccccc1)(c1ccccc1)C(C)(C)C. The first-order valence-electron chi connectivity index (χ1n) is 14.8. The Bertz CT molecular complexity index is 1660. The molecular weight excluding hydrogens is 623 g/mol. The molecule has 0 unspecified atom stereocenters. The Morgan fingerprint density at radius 3 is 1.96 bits per heavy atom. The number of carbonyl (C=O) groups excluding carboxylic acids is 1. The Morgan fingerprint density at radius 1 is 0.889 bits per heavy atom. The van der Waals surface area contributed by atoms with Crippen LogP contribution in [0.1, 0.15) is 34.6 Å². The lowest BCUT2D eigenvalue weighted by Crippen LogP contribution is -2.70. The summed E-state index contributed by atoms with van der Waals surface area (Å²) in [6.45, 7) is 10.3. The monoisotopic (exact) mass is 661 g/mol. The molecule has 8 nitrogen and oxygen atoms in total. The number of ether oxygens (including phenoxy) is 1. The summed E-state index contributed by atoms with van der Waals surface area (Å²) in [5, 5.41) is 1.62. The van der Waals surface area contributed by atoms with Crippen LogP contribution < -0.4 is 20.6 Å². The molecule has 1 aromatic heterocycles. The Labute approximate surface area is 271 Å². The molecule has 11 heteroatoms. The lowest BCUT2D eigenvalue weighted by Gasteiger charge is -2.45. The molecule has 45 heavy (non-hydrogen) atoms. The van der Waals surface area contributed by atoms with Gasteiger partial charge in [0.1, 0.15) is 17.5 Å². The zero-order valence-corrected chi connectivity index (χ0v) is 28.8. The Morgan fingerprint density at radius 2 is 1.42 bits per heavy atom. The molecule has 0 aliphatic carbocycles. The Kier molecular flexibility index (Phi) is 9.57. The van der Waals surface area contributed by atoms with Crippen LogP contribution in [0.15, 0.2) is 114 Å². The van der Waals surface area contributed by atoms with Gasteiger partial charge in [-0.1, -0.05) is 81.4 Å². The lowest BCUT2D eigenvalue weighted by molar-refractivity contribution is -0.133. The van der Waals surface area contributed by atoms with Crippen LogP contribution >= 0.6 is 11.8 Å². The summed E-state index contributed by atoms with van der Waals surface area (Å²) >= 11 is 1.57. The topological polar surface area (TPSA) is 97.8 Å². The van der Waals surface area contributed by atoms with Crippen molar-refractivity contribution in [2.75, 3.05) is 12.3 Å². The summed E-state index contributed by atoms with van der Waals surface area (Å²) in [5.74, 6) is 1.13. The van der Waals surface area contributed by atoms with Crippen molar-refractivity contribution in [3.05, 3.63) is 109 Å². The number of sulfonamides is 1. The minimum atomic E-state index is -4.05. The standard InChI is InChI=1S/C34H39N3O5S2Si/c1-33(2,3)45(29-12-8-6-9-13-29,30-14-10-7-11-15-30)42-36-32(38)31-34(4,5)43-25-24-37(31)44(39,40)28-18-16-26(17-19-28)41-27-20-22-35-23-21-27/h6-23,31H,24-25H2,1-5H3,(H,36,38)/t31-/m0/s1. The van der Waals surface area contributed by atoms with E-state index in [4.69, 9.17) is 9.26 Å². The third-order valence-corrected chi connectivity index (χ3v) is 16.1. The van der Waals surface area contributed by atoms with Gasteiger partial charge in [0.25, 0.3) is 14.2 Å². The van der Waals surface area contributed by atoms with Crippen LogP contribution in [0.2, 0.25) is 5.04 Å². The summed E-state index contributed by atoms with van der Waals surface area (Å²) in [6.07, 6.45) is 3.24. The molecule has 5 rings (SSSR count). The largest absolute Gasteiger partial charge is 0.457 e. The summed E-state index contributed by atoms with van der Waals surface area (Å²) in [4.78, 5) is 18.3. The van der Waals surface area contributed by atoms with Crippen LogP contribution in [0.4, 0.5) is 0 Å². The number of amides is 1. The molecule has 1 aliphatic rings. The highest BCUT2D eigenvalue weighted by atomic mass is 32.2. The fourth-order valence-electron chi connectivity index (χ4n) is 5.85. The third kappa shape index (κ3) is 6.73. The molecule has 1 saturated heterocycles. The molecule has 1 aliphatic heterocycles. The predicted octanol–water partition coefficient (Wildman–Crippen LogP) is 5.37. The second kappa shape index (κ2) is 13.1. The molecule has 1 atom stereocenters. The van der Waals surface area contributed by atoms with Gasteiger partial charge in [0, 0.05) is 29.4 Å². The maximum atomic E-state index is 14.2. The van der Waals surface area contributed by atoms with Gasteiger partial charge in [-0.2, -0.15) is 16.1 Å². The van der Waals surface area contributed by atoms with Crippen LogP contribution in [0, 0.1) is 0 Å². The minimum absolute atomic E-state index is 0.0815. The molecule has 1 fully saturated rings. The van der Waals surface area contributed by atoms with Gasteiger partial charge in [0.05, 0.1) is 4.90 Å². The summed E-state index contributed by atoms with van der Waals surface area (Å²) in [7, 11) is -7.17. The van der Waals surface area contributed by atoms with Gasteiger partial charge in [0.2, 0.25) is 10.0 Å². The Hall–Kier alpha value is -3.48. The highest BCUT2D eigenvalue weighted by Crippen LogP contribution is 2.40. The van der Waals surface area contributed by atoms with Gasteiger partial charge >= 0.3 is 0 Å². The first-order valence-corrected chi connectivity index (χ1v) is 19.1. The first-order chi connectivity index (χ1) is 21.4. The van der Waals surface area contributed by atoms with Crippen molar-refractivity contribution in [1.82, 2.24) is 14.8 Å². The smallest absolute Gasteiger partial charge is 0.295 e. The zero-order valence-electron chi connectivity index (χ0n) is 26.1. The number of benzene rings is 3. The second-order valence-electron chi connectivity index (χ2n) is 12.5. The number of hydrogen-bond acceptors (Lipinski definition) is 7. The number of nitrogens with zero attached hydrogens (tertiary/aromatic N) is 2. The van der Waals surface area contributed by atoms with E-state index in [9.17, 15) is 13.2 Å². The van der Waals surface area contributed by atoms with E-state index in [0.29, 0.717) is 17.3 Å². The van der Waals surface area contributed by atoms with Crippen LogP contribution in [-0.4, -0.2) is 55.0 Å². The molecule has 0 bridgehead atoms. The maximum absolute atomic E-state index is 14.2. The van der Waals surface area contributed by atoms with Gasteiger partial charge in [-0.05, 0) is 65.7 Å². The predicted molar refractivity (Wildman–Crippen MR) is 182 cm³/mol. The van der Waals surface area contributed by atoms with Gasteiger partial charge in [0.15, 0.2) is 0 Å². The van der Waals surface area contributed by atoms with Crippen LogP contribution in [0.25, 0.3) is 0 Å². The highest BCUT2D eigenvalue weighted by molar-refractivity contribution is 8.01. The zero-order chi connectivity index (χ0) is 32.3. The number of thioether (sulfide) groups is 1. The number of hydrogen-bond donors (Lipinski definition) is 1. The number of carbonyl (C=O) groups is 1. The van der Waals surface area contributed by atoms with Gasteiger partial charge in [-0.15, -0.1) is 0 Å². The second-order valence-corrected chi connectivity index (χ2v) is 20.3. The van der Waals surface area contributed by atoms with Crippen molar-refractivity contribution >= 4 is 46.4 Å². The normalized spacial score (nSPS) is 17.4. The van der Waals surface area contributed by atoms with Crippen molar-refractivity contribution in [3.63, 3.8) is 0 Å². The maximum Gasteiger partial charge on any atom is 0.295 e. The van der Waals surface area contributed by atoms with Crippen LogP contribution in [-0.2, 0) is 19.3 Å². The van der Waals surface area contributed by atoms with E-state index in [0.717, 1.165) is 10.4 Å². The first kappa shape index (κ1) is 32.9. The fourth-order valence-corrected chi connectivity index (χ4v) is 13.1. The summed E-state index contributed by atoms with van der Waals surface area (Å²) in [6, 6.07) is 28.6. The molecule has 236 valence electrons. The van der Waals surface area contributed by atoms with Crippen molar-refractivity contribution in [2.45, 2.75) is 55.3 Å². The molecular formula is C34H39N3O5S2Si. The van der Waals surface area contributed by atoms with Gasteiger partial charge in [-0.3, -0.25) is 9.78 Å². The number of pyridine rings is 1. The number of aromatic nitrogens is 1. The third-order valence-electron chi connectivity index (χ3n) is 8.02. The van der Waals surface area contributed by atoms with Gasteiger partial charge < -0.3 is 9.26 Å². The molecule has 0 spiro atoms. The molecule has 1 amide bonds. The average Bonchev–Trinajstić information content (AvgIpc) is 3.02. The lowest BCUT2D eigenvalue weighted by atomic mass is 10.0. The van der Waals surface area contributed by atoms with Crippen molar-refractivity contribution in [2.24, 2.45) is 0 Å². The number of hydroxylamine groups is 1. The van der Waals surface area contributed by atoms with E-state index >= 15 is 0 Å². The van der Waals surface area contributed by atoms with Crippen LogP contribution in [0.5, 0.6) is 11.5 Å². The van der Waals surface area contributed by atoms with Crippen molar-refractivity contribution < 1.29 is 22.5 Å². The molecule has 4 aromatic rings. The van der Waals surface area contributed by atoms with E-state index in [1.807, 2.05) is 74.5 Å². The van der Waals surface area contributed by atoms with Gasteiger partial charge in [-0.25, -0.2) is 13.9 Å². The molecule has 0 saturated carbocycles. The molecule has 0 radical (unpaired) electrons. The number of nitrogens with one attached hydrogen (secondary N) is 1. The van der Waals surface area contributed by atoms with E-state index < -0.39 is 35.0 Å². The minimum Gasteiger partial charge on any atom is -0.457 e. The molecule has 3 aromatic carbocycles. The van der Waals surface area contributed by atoms with E-state index in [-0.39, 0.29) is 16.5 Å². The number of rotatable bonds is 9. The van der Waals surface area contributed by atoms with E-state index in [1.54, 1.807) is 48.4 Å². The summed E-state index contributed by atoms with van der Waals surface area (Å²) in [5.41, 5.74) is 2.82. The van der Waals surface area contributed by atoms with E-state index in [2.05, 4.69) is 31.2 Å². The van der Waals surface area contributed by atoms with Crippen molar-refractivity contribution in [3.8, 4) is 11.5 Å². The average molecular weight is 662 g/mol. The van der Waals surface area contributed by atoms with E-state index in [1.165, 1.54) is 16.4 Å². The Balaban J connectivity index is 1.46.